The number of urea groups is 1. The molecule has 6 heteroatoms. The van der Waals surface area contributed by atoms with Crippen LogP contribution in [0.1, 0.15) is 13.3 Å². The Bertz CT molecular complexity index is 584. The first kappa shape index (κ1) is 15.3. The van der Waals surface area contributed by atoms with Gasteiger partial charge in [0.05, 0.1) is 6.26 Å². The van der Waals surface area contributed by atoms with Crippen LogP contribution in [0.2, 0.25) is 0 Å². The van der Waals surface area contributed by atoms with Gasteiger partial charge in [0.15, 0.2) is 0 Å². The number of hydroxylamine groups is 2. The van der Waals surface area contributed by atoms with E-state index in [0.717, 1.165) is 4.90 Å². The number of nitrogens with zero attached hydrogens (tertiary/aromatic N) is 1. The van der Waals surface area contributed by atoms with Gasteiger partial charge in [-0.2, -0.15) is 5.06 Å². The SMILES string of the molecule is CC(C#CC1(Sc2ccccc2)CC=CO1)N(O)C(N)=O. The van der Waals surface area contributed by atoms with Crippen LogP contribution in [-0.2, 0) is 4.74 Å². The van der Waals surface area contributed by atoms with Crippen molar-refractivity contribution in [3.8, 4) is 11.8 Å². The van der Waals surface area contributed by atoms with Crippen LogP contribution in [0.3, 0.4) is 0 Å². The van der Waals surface area contributed by atoms with E-state index in [2.05, 4.69) is 11.8 Å². The summed E-state index contributed by atoms with van der Waals surface area (Å²) in [5.74, 6) is 5.80. The molecule has 0 aliphatic carbocycles. The molecule has 2 rings (SSSR count). The zero-order valence-electron chi connectivity index (χ0n) is 11.5. The van der Waals surface area contributed by atoms with E-state index in [-0.39, 0.29) is 0 Å². The molecule has 3 N–H and O–H groups in total. The van der Waals surface area contributed by atoms with Crippen LogP contribution < -0.4 is 5.73 Å². The fourth-order valence-corrected chi connectivity index (χ4v) is 2.79. The molecular weight excluding hydrogens is 288 g/mol. The highest BCUT2D eigenvalue weighted by molar-refractivity contribution is 8.00. The van der Waals surface area contributed by atoms with Crippen LogP contribution in [0.25, 0.3) is 0 Å². The van der Waals surface area contributed by atoms with Gasteiger partial charge >= 0.3 is 6.03 Å². The molecule has 0 bridgehead atoms. The zero-order valence-corrected chi connectivity index (χ0v) is 12.3. The second kappa shape index (κ2) is 6.57. The van der Waals surface area contributed by atoms with Crippen molar-refractivity contribution >= 4 is 17.8 Å². The maximum absolute atomic E-state index is 10.9. The number of amides is 2. The van der Waals surface area contributed by atoms with E-state index in [1.807, 2.05) is 36.4 Å². The Balaban J connectivity index is 2.15. The van der Waals surface area contributed by atoms with Crippen molar-refractivity contribution in [2.45, 2.75) is 29.2 Å². The van der Waals surface area contributed by atoms with Gasteiger partial charge in [-0.1, -0.05) is 35.9 Å². The Morgan fingerprint density at radius 1 is 1.52 bits per heavy atom. The summed E-state index contributed by atoms with van der Waals surface area (Å²) >= 11 is 1.49. The number of nitrogens with two attached hydrogens (primary N) is 1. The molecule has 1 aliphatic heterocycles. The number of benzene rings is 1. The molecule has 0 fully saturated rings. The normalized spacial score (nSPS) is 21.0. The Hall–Kier alpha value is -2.10. The average Bonchev–Trinajstić information content (AvgIpc) is 2.94. The van der Waals surface area contributed by atoms with Crippen molar-refractivity contribution in [1.29, 1.82) is 0 Å². The predicted octanol–water partition coefficient (Wildman–Crippen LogP) is 2.57. The van der Waals surface area contributed by atoms with Crippen LogP contribution >= 0.6 is 11.8 Å². The maximum atomic E-state index is 10.9. The molecule has 0 aromatic heterocycles. The fourth-order valence-electron chi connectivity index (χ4n) is 1.73. The highest BCUT2D eigenvalue weighted by Gasteiger charge is 2.33. The lowest BCUT2D eigenvalue weighted by Gasteiger charge is -2.22. The number of carbonyl (C=O) groups is 1. The number of hydrogen-bond donors (Lipinski definition) is 2. The van der Waals surface area contributed by atoms with Crippen molar-refractivity contribution in [3.05, 3.63) is 42.7 Å². The standard InChI is InChI=1S/C15H16N2O3S/c1-12(17(19)14(16)18)8-10-15(9-5-11-20-15)21-13-6-3-2-4-7-13/h2-7,11-12,19H,9H2,1H3,(H2,16,18). The lowest BCUT2D eigenvalue weighted by Crippen LogP contribution is -2.39. The molecule has 1 heterocycles. The minimum atomic E-state index is -0.938. The fraction of sp³-hybridized carbons (Fsp3) is 0.267. The predicted molar refractivity (Wildman–Crippen MR) is 80.3 cm³/mol. The molecule has 110 valence electrons. The molecule has 1 aliphatic rings. The van der Waals surface area contributed by atoms with Crippen LogP contribution in [0.4, 0.5) is 4.79 Å². The minimum absolute atomic E-state index is 0.399. The highest BCUT2D eigenvalue weighted by Crippen LogP contribution is 2.39. The number of hydrogen-bond acceptors (Lipinski definition) is 4. The molecule has 0 radical (unpaired) electrons. The third-order valence-corrected chi connectivity index (χ3v) is 4.03. The summed E-state index contributed by atoms with van der Waals surface area (Å²) in [4.78, 5) is 11.2. The minimum Gasteiger partial charge on any atom is -0.473 e. The van der Waals surface area contributed by atoms with E-state index in [0.29, 0.717) is 11.5 Å². The molecule has 1 aromatic rings. The molecule has 0 spiro atoms. The molecule has 2 amide bonds. The van der Waals surface area contributed by atoms with Crippen LogP contribution in [0.15, 0.2) is 47.6 Å². The van der Waals surface area contributed by atoms with Crippen LogP contribution in [-0.4, -0.2) is 27.3 Å². The van der Waals surface area contributed by atoms with E-state index in [4.69, 9.17) is 10.5 Å². The summed E-state index contributed by atoms with van der Waals surface area (Å²) in [6.45, 7) is 1.58. The summed E-state index contributed by atoms with van der Waals surface area (Å²) in [6.07, 6.45) is 4.12. The van der Waals surface area contributed by atoms with Gasteiger partial charge in [-0.25, -0.2) is 4.79 Å². The van der Waals surface area contributed by atoms with E-state index in [1.165, 1.54) is 11.8 Å². The van der Waals surface area contributed by atoms with Crippen molar-refractivity contribution in [2.75, 3.05) is 0 Å². The molecule has 2 unspecified atom stereocenters. The monoisotopic (exact) mass is 304 g/mol. The van der Waals surface area contributed by atoms with Crippen molar-refractivity contribution in [3.63, 3.8) is 0 Å². The van der Waals surface area contributed by atoms with Crippen molar-refractivity contribution in [2.24, 2.45) is 5.73 Å². The molecule has 0 saturated heterocycles. The van der Waals surface area contributed by atoms with Gasteiger partial charge in [0.1, 0.15) is 6.04 Å². The lowest BCUT2D eigenvalue weighted by molar-refractivity contribution is -0.0537. The van der Waals surface area contributed by atoms with Gasteiger partial charge in [-0.15, -0.1) is 0 Å². The summed E-state index contributed by atoms with van der Waals surface area (Å²) in [7, 11) is 0. The molecule has 1 aromatic carbocycles. The van der Waals surface area contributed by atoms with Crippen molar-refractivity contribution < 1.29 is 14.7 Å². The van der Waals surface area contributed by atoms with Crippen LogP contribution in [0.5, 0.6) is 0 Å². The number of primary amides is 1. The second-order valence-electron chi connectivity index (χ2n) is 4.49. The summed E-state index contributed by atoms with van der Waals surface area (Å²) in [5.41, 5.74) is 5.00. The van der Waals surface area contributed by atoms with Gasteiger partial charge in [0, 0.05) is 11.3 Å². The molecule has 2 atom stereocenters. The average molecular weight is 304 g/mol. The summed E-state index contributed by atoms with van der Waals surface area (Å²) in [5, 5.41) is 9.83. The Morgan fingerprint density at radius 2 is 2.24 bits per heavy atom. The highest BCUT2D eigenvalue weighted by atomic mass is 32.2. The first-order valence-corrected chi connectivity index (χ1v) is 7.21. The number of thioether (sulfide) groups is 1. The number of ether oxygens (including phenoxy) is 1. The van der Waals surface area contributed by atoms with Gasteiger partial charge in [0.25, 0.3) is 0 Å². The van der Waals surface area contributed by atoms with E-state index in [1.54, 1.807) is 13.2 Å². The van der Waals surface area contributed by atoms with Gasteiger partial charge < -0.3 is 10.5 Å². The van der Waals surface area contributed by atoms with Gasteiger partial charge in [0.2, 0.25) is 4.93 Å². The first-order chi connectivity index (χ1) is 10.0. The summed E-state index contributed by atoms with van der Waals surface area (Å²) in [6, 6.07) is 8.12. The first-order valence-electron chi connectivity index (χ1n) is 6.39. The van der Waals surface area contributed by atoms with E-state index < -0.39 is 17.0 Å². The number of carbonyl (C=O) groups excluding carboxylic acids is 1. The van der Waals surface area contributed by atoms with E-state index >= 15 is 0 Å². The smallest absolute Gasteiger partial charge is 0.339 e. The van der Waals surface area contributed by atoms with E-state index in [9.17, 15) is 10.0 Å². The molecular formula is C15H16N2O3S. The topological polar surface area (TPSA) is 75.8 Å². The largest absolute Gasteiger partial charge is 0.473 e. The Kier molecular flexibility index (Phi) is 4.78. The van der Waals surface area contributed by atoms with Gasteiger partial charge in [-0.3, -0.25) is 5.21 Å². The molecule has 0 saturated carbocycles. The van der Waals surface area contributed by atoms with Gasteiger partial charge in [-0.05, 0) is 31.1 Å². The quantitative estimate of drug-likeness (QED) is 0.511. The second-order valence-corrected chi connectivity index (χ2v) is 5.82. The summed E-state index contributed by atoms with van der Waals surface area (Å²) < 4.78 is 5.63. The maximum Gasteiger partial charge on any atom is 0.339 e. The Morgan fingerprint density at radius 3 is 2.81 bits per heavy atom. The van der Waals surface area contributed by atoms with Crippen LogP contribution in [0, 0.1) is 11.8 Å². The van der Waals surface area contributed by atoms with Crippen molar-refractivity contribution in [1.82, 2.24) is 5.06 Å². The molecule has 5 nitrogen and oxygen atoms in total. The Labute approximate surface area is 127 Å². The number of rotatable bonds is 3. The third-order valence-electron chi connectivity index (χ3n) is 2.83. The lowest BCUT2D eigenvalue weighted by atomic mass is 10.2. The molecule has 21 heavy (non-hydrogen) atoms. The zero-order chi connectivity index (χ0) is 15.3. The third kappa shape index (κ3) is 3.94.